The van der Waals surface area contributed by atoms with Crippen LogP contribution in [0.2, 0.25) is 0 Å². The van der Waals surface area contributed by atoms with Gasteiger partial charge in [-0.15, -0.1) is 0 Å². The minimum Gasteiger partial charge on any atom is -0.471 e. The second-order valence-electron chi connectivity index (χ2n) is 4.91. The molecule has 2 aromatic rings. The zero-order valence-corrected chi connectivity index (χ0v) is 10.9. The summed E-state index contributed by atoms with van der Waals surface area (Å²) in [6.07, 6.45) is 1.64. The van der Waals surface area contributed by atoms with Crippen LogP contribution >= 0.6 is 0 Å². The predicted molar refractivity (Wildman–Crippen MR) is 72.1 cm³/mol. The Hall–Kier alpha value is -1.90. The van der Waals surface area contributed by atoms with Gasteiger partial charge in [0.2, 0.25) is 5.88 Å². The van der Waals surface area contributed by atoms with Gasteiger partial charge in [-0.3, -0.25) is 4.79 Å². The van der Waals surface area contributed by atoms with Gasteiger partial charge in [0, 0.05) is 5.39 Å². The molecule has 0 spiro atoms. The highest BCUT2D eigenvalue weighted by molar-refractivity contribution is 5.88. The minimum absolute atomic E-state index is 0.326. The number of aromatic nitrogens is 1. The Morgan fingerprint density at radius 2 is 2.06 bits per heavy atom. The smallest absolute Gasteiger partial charge is 0.225 e. The number of ether oxygens (including phenoxy) is 1. The fourth-order valence-electron chi connectivity index (χ4n) is 1.61. The molecule has 0 aliphatic carbocycles. The van der Waals surface area contributed by atoms with Gasteiger partial charge >= 0.3 is 0 Å². The lowest BCUT2D eigenvalue weighted by Gasteiger charge is -2.24. The molecule has 2 rings (SSSR count). The van der Waals surface area contributed by atoms with Gasteiger partial charge in [-0.1, -0.05) is 25.1 Å². The molecule has 1 aromatic carbocycles. The summed E-state index contributed by atoms with van der Waals surface area (Å²) in [6.45, 7) is 6.01. The van der Waals surface area contributed by atoms with E-state index in [1.54, 1.807) is 0 Å². The maximum Gasteiger partial charge on any atom is 0.225 e. The maximum atomic E-state index is 11.1. The molecule has 94 valence electrons. The van der Waals surface area contributed by atoms with Crippen LogP contribution in [0.3, 0.4) is 0 Å². The third-order valence-electron chi connectivity index (χ3n) is 3.07. The van der Waals surface area contributed by atoms with Crippen LogP contribution in [0.5, 0.6) is 5.88 Å². The van der Waals surface area contributed by atoms with Crippen LogP contribution in [0.15, 0.2) is 30.3 Å². The van der Waals surface area contributed by atoms with Crippen molar-refractivity contribution in [2.75, 3.05) is 0 Å². The largest absolute Gasteiger partial charge is 0.471 e. The molecule has 0 atom stereocenters. The zero-order valence-electron chi connectivity index (χ0n) is 10.9. The summed E-state index contributed by atoms with van der Waals surface area (Å²) in [7, 11) is 0. The van der Waals surface area contributed by atoms with Crippen LogP contribution in [0.4, 0.5) is 0 Å². The molecule has 0 N–H and O–H groups in total. The number of pyridine rings is 1. The molecule has 0 saturated carbocycles. The average Bonchev–Trinajstić information content (AvgIpc) is 2.37. The van der Waals surface area contributed by atoms with E-state index in [2.05, 4.69) is 4.98 Å². The number of nitrogens with zero attached hydrogens (tertiary/aromatic N) is 1. The number of para-hydroxylation sites is 1. The minimum atomic E-state index is -0.326. The van der Waals surface area contributed by atoms with Crippen molar-refractivity contribution in [1.29, 1.82) is 0 Å². The van der Waals surface area contributed by atoms with E-state index in [0.717, 1.165) is 23.6 Å². The third-order valence-corrected chi connectivity index (χ3v) is 3.07. The molecule has 0 fully saturated rings. The van der Waals surface area contributed by atoms with Crippen molar-refractivity contribution in [3.05, 3.63) is 35.9 Å². The van der Waals surface area contributed by atoms with Gasteiger partial charge < -0.3 is 4.74 Å². The van der Waals surface area contributed by atoms with E-state index >= 15 is 0 Å². The van der Waals surface area contributed by atoms with Crippen molar-refractivity contribution in [3.8, 4) is 5.88 Å². The van der Waals surface area contributed by atoms with Gasteiger partial charge in [-0.05, 0) is 32.4 Å². The monoisotopic (exact) mass is 243 g/mol. The van der Waals surface area contributed by atoms with Gasteiger partial charge in [-0.2, -0.15) is 0 Å². The SMILES string of the molecule is CCC(C)(C)Oc1nc2ccccc2cc1C=O. The standard InChI is InChI=1S/C15H17NO2/c1-4-15(2,3)18-14-12(10-17)9-11-7-5-6-8-13(11)16-14/h5-10H,4H2,1-3H3. The predicted octanol–water partition coefficient (Wildman–Crippen LogP) is 3.61. The Morgan fingerprint density at radius 1 is 1.33 bits per heavy atom. The number of carbonyl (C=O) groups excluding carboxylic acids is 1. The Bertz CT molecular complexity index is 576. The molecule has 3 heteroatoms. The molecule has 0 amide bonds. The molecule has 0 saturated heterocycles. The van der Waals surface area contributed by atoms with E-state index in [0.29, 0.717) is 11.4 Å². The Balaban J connectivity index is 2.51. The summed E-state index contributed by atoms with van der Waals surface area (Å²) in [5.41, 5.74) is 1.01. The van der Waals surface area contributed by atoms with E-state index in [4.69, 9.17) is 4.74 Å². The normalized spacial score (nSPS) is 11.5. The first-order chi connectivity index (χ1) is 8.55. The molecule has 18 heavy (non-hydrogen) atoms. The summed E-state index contributed by atoms with van der Waals surface area (Å²) in [6, 6.07) is 9.51. The molecule has 1 heterocycles. The zero-order chi connectivity index (χ0) is 13.2. The molecule has 0 bridgehead atoms. The lowest BCUT2D eigenvalue weighted by molar-refractivity contribution is 0.0956. The van der Waals surface area contributed by atoms with Gasteiger partial charge in [-0.25, -0.2) is 4.98 Å². The van der Waals surface area contributed by atoms with E-state index in [-0.39, 0.29) is 5.60 Å². The molecule has 1 aromatic heterocycles. The summed E-state index contributed by atoms with van der Waals surface area (Å²) >= 11 is 0. The van der Waals surface area contributed by atoms with Crippen LogP contribution in [0.1, 0.15) is 37.6 Å². The lowest BCUT2D eigenvalue weighted by Crippen LogP contribution is -2.27. The molecule has 0 radical (unpaired) electrons. The molecule has 3 nitrogen and oxygen atoms in total. The number of rotatable bonds is 4. The van der Waals surface area contributed by atoms with Crippen LogP contribution in [0.25, 0.3) is 10.9 Å². The Morgan fingerprint density at radius 3 is 2.72 bits per heavy atom. The van der Waals surface area contributed by atoms with E-state index in [1.807, 2.05) is 51.1 Å². The number of benzene rings is 1. The molecular weight excluding hydrogens is 226 g/mol. The summed E-state index contributed by atoms with van der Waals surface area (Å²) < 4.78 is 5.84. The van der Waals surface area contributed by atoms with Crippen LogP contribution in [-0.2, 0) is 0 Å². The van der Waals surface area contributed by atoms with Crippen molar-refractivity contribution in [3.63, 3.8) is 0 Å². The third kappa shape index (κ3) is 2.50. The number of fused-ring (bicyclic) bond motifs is 1. The fourth-order valence-corrected chi connectivity index (χ4v) is 1.61. The number of hydrogen-bond donors (Lipinski definition) is 0. The maximum absolute atomic E-state index is 11.1. The number of aldehydes is 1. The summed E-state index contributed by atoms with van der Waals surface area (Å²) in [5, 5.41) is 0.946. The van der Waals surface area contributed by atoms with Crippen LogP contribution < -0.4 is 4.74 Å². The number of carbonyl (C=O) groups is 1. The van der Waals surface area contributed by atoms with Crippen molar-refractivity contribution in [2.24, 2.45) is 0 Å². The molecule has 0 aliphatic heterocycles. The Labute approximate surface area is 107 Å². The number of hydrogen-bond acceptors (Lipinski definition) is 3. The first-order valence-corrected chi connectivity index (χ1v) is 6.10. The highest BCUT2D eigenvalue weighted by atomic mass is 16.5. The highest BCUT2D eigenvalue weighted by Gasteiger charge is 2.20. The van der Waals surface area contributed by atoms with Crippen LogP contribution in [0, 0.1) is 0 Å². The van der Waals surface area contributed by atoms with Crippen molar-refractivity contribution < 1.29 is 9.53 Å². The van der Waals surface area contributed by atoms with Crippen LogP contribution in [-0.4, -0.2) is 16.9 Å². The van der Waals surface area contributed by atoms with E-state index < -0.39 is 0 Å². The molecule has 0 aliphatic rings. The first kappa shape index (κ1) is 12.6. The molecular formula is C15H17NO2. The lowest BCUT2D eigenvalue weighted by atomic mass is 10.1. The van der Waals surface area contributed by atoms with Gasteiger partial charge in [0.25, 0.3) is 0 Å². The second-order valence-corrected chi connectivity index (χ2v) is 4.91. The molecule has 0 unspecified atom stereocenters. The van der Waals surface area contributed by atoms with Crippen molar-refractivity contribution >= 4 is 17.2 Å². The fraction of sp³-hybridized carbons (Fsp3) is 0.333. The summed E-state index contributed by atoms with van der Waals surface area (Å²) in [5.74, 6) is 0.413. The second kappa shape index (κ2) is 4.77. The van der Waals surface area contributed by atoms with Crippen molar-refractivity contribution in [2.45, 2.75) is 32.8 Å². The van der Waals surface area contributed by atoms with Crippen molar-refractivity contribution in [1.82, 2.24) is 4.98 Å². The van der Waals surface area contributed by atoms with E-state index in [9.17, 15) is 4.79 Å². The van der Waals surface area contributed by atoms with Gasteiger partial charge in [0.05, 0.1) is 11.1 Å². The van der Waals surface area contributed by atoms with Gasteiger partial charge in [0.1, 0.15) is 5.60 Å². The van der Waals surface area contributed by atoms with E-state index in [1.165, 1.54) is 0 Å². The van der Waals surface area contributed by atoms with Gasteiger partial charge in [0.15, 0.2) is 6.29 Å². The Kier molecular flexibility index (Phi) is 3.32. The first-order valence-electron chi connectivity index (χ1n) is 6.10. The quantitative estimate of drug-likeness (QED) is 0.770. The highest BCUT2D eigenvalue weighted by Crippen LogP contribution is 2.25. The topological polar surface area (TPSA) is 39.2 Å². The average molecular weight is 243 g/mol. The summed E-state index contributed by atoms with van der Waals surface area (Å²) in [4.78, 5) is 15.6.